The predicted molar refractivity (Wildman–Crippen MR) is 110 cm³/mol. The van der Waals surface area contributed by atoms with E-state index in [1.165, 1.54) is 0 Å². The number of aromatic nitrogens is 1. The van der Waals surface area contributed by atoms with Gasteiger partial charge in [-0.1, -0.05) is 24.2 Å². The zero-order valence-corrected chi connectivity index (χ0v) is 18.0. The summed E-state index contributed by atoms with van der Waals surface area (Å²) in [6.07, 6.45) is 1.58. The molecule has 29 heavy (non-hydrogen) atoms. The van der Waals surface area contributed by atoms with Gasteiger partial charge in [0.1, 0.15) is 18.1 Å². The third kappa shape index (κ3) is 5.38. The molecule has 7 nitrogen and oxygen atoms in total. The molecule has 3 rings (SSSR count). The molecule has 0 radical (unpaired) electrons. The van der Waals surface area contributed by atoms with Gasteiger partial charge in [0.2, 0.25) is 5.91 Å². The average molecular weight is 421 g/mol. The molecule has 0 bridgehead atoms. The molecule has 8 heteroatoms. The molecule has 0 spiro atoms. The smallest absolute Gasteiger partial charge is 0.227 e. The van der Waals surface area contributed by atoms with Gasteiger partial charge in [0.05, 0.1) is 29.2 Å². The molecule has 1 saturated heterocycles. The standard InChI is InChI=1S/C21H28N2O5S/c1-4-10-23(18-9-11-29(25,26)14-18)21(24)12-17-5-7-19(8-6-17)27-13-20-15(2)22-28-16(20)3/h5-8,18H,4,9-14H2,1-3H3/t18-/m0/s1. The number of ether oxygens (including phenoxy) is 1. The minimum Gasteiger partial charge on any atom is -0.489 e. The largest absolute Gasteiger partial charge is 0.489 e. The van der Waals surface area contributed by atoms with E-state index in [-0.39, 0.29) is 29.9 Å². The number of nitrogens with zero attached hydrogens (tertiary/aromatic N) is 2. The molecule has 0 saturated carbocycles. The molecule has 1 fully saturated rings. The summed E-state index contributed by atoms with van der Waals surface area (Å²) in [5.41, 5.74) is 2.63. The van der Waals surface area contributed by atoms with E-state index in [0.717, 1.165) is 29.0 Å². The monoisotopic (exact) mass is 420 g/mol. The summed E-state index contributed by atoms with van der Waals surface area (Å²) in [4.78, 5) is 14.6. The highest BCUT2D eigenvalue weighted by Gasteiger charge is 2.34. The first-order chi connectivity index (χ1) is 13.8. The van der Waals surface area contributed by atoms with Gasteiger partial charge in [0, 0.05) is 12.6 Å². The summed E-state index contributed by atoms with van der Waals surface area (Å²) in [7, 11) is -3.02. The molecular weight excluding hydrogens is 392 g/mol. The Labute approximate surface area is 171 Å². The van der Waals surface area contributed by atoms with Crippen LogP contribution in [0.25, 0.3) is 0 Å². The van der Waals surface area contributed by atoms with Crippen molar-refractivity contribution in [3.05, 3.63) is 46.8 Å². The third-order valence-corrected chi connectivity index (χ3v) is 7.03. The summed E-state index contributed by atoms with van der Waals surface area (Å²) < 4.78 is 34.5. The van der Waals surface area contributed by atoms with Crippen LogP contribution in [-0.2, 0) is 27.7 Å². The molecule has 0 N–H and O–H groups in total. The predicted octanol–water partition coefficient (Wildman–Crippen LogP) is 2.84. The lowest BCUT2D eigenvalue weighted by atomic mass is 10.1. The molecular formula is C21H28N2O5S. The fourth-order valence-electron chi connectivity index (χ4n) is 3.62. The van der Waals surface area contributed by atoms with Crippen LogP contribution < -0.4 is 4.74 Å². The molecule has 1 aliphatic rings. The summed E-state index contributed by atoms with van der Waals surface area (Å²) in [5.74, 6) is 1.66. The van der Waals surface area contributed by atoms with Crippen molar-refractivity contribution in [1.29, 1.82) is 0 Å². The minimum atomic E-state index is -3.02. The second-order valence-electron chi connectivity index (χ2n) is 7.56. The van der Waals surface area contributed by atoms with E-state index < -0.39 is 9.84 Å². The number of hydrogen-bond donors (Lipinski definition) is 0. The Bertz CT molecular complexity index is 930. The summed E-state index contributed by atoms with van der Waals surface area (Å²) in [6.45, 7) is 6.68. The van der Waals surface area contributed by atoms with Gasteiger partial charge in [-0.25, -0.2) is 8.42 Å². The number of aryl methyl sites for hydroxylation is 2. The highest BCUT2D eigenvalue weighted by molar-refractivity contribution is 7.91. The van der Waals surface area contributed by atoms with Gasteiger partial charge < -0.3 is 14.2 Å². The number of sulfone groups is 1. The van der Waals surface area contributed by atoms with E-state index in [2.05, 4.69) is 5.16 Å². The molecule has 1 amide bonds. The van der Waals surface area contributed by atoms with E-state index in [4.69, 9.17) is 9.26 Å². The number of carbonyl (C=O) groups excluding carboxylic acids is 1. The second kappa shape index (κ2) is 8.98. The fourth-order valence-corrected chi connectivity index (χ4v) is 5.35. The molecule has 0 aliphatic carbocycles. The van der Waals surface area contributed by atoms with Gasteiger partial charge in [0.25, 0.3) is 0 Å². The summed E-state index contributed by atoms with van der Waals surface area (Å²) in [5, 5.41) is 3.91. The van der Waals surface area contributed by atoms with Gasteiger partial charge in [-0.2, -0.15) is 0 Å². The van der Waals surface area contributed by atoms with Crippen LogP contribution in [0.1, 0.15) is 42.3 Å². The van der Waals surface area contributed by atoms with Crippen molar-refractivity contribution >= 4 is 15.7 Å². The number of amides is 1. The lowest BCUT2D eigenvalue weighted by Crippen LogP contribution is -2.42. The maximum Gasteiger partial charge on any atom is 0.227 e. The minimum absolute atomic E-state index is 0.0293. The fraction of sp³-hybridized carbons (Fsp3) is 0.524. The van der Waals surface area contributed by atoms with Crippen LogP contribution in [0.4, 0.5) is 0 Å². The Kier molecular flexibility index (Phi) is 6.62. The first-order valence-corrected chi connectivity index (χ1v) is 11.7. The zero-order valence-electron chi connectivity index (χ0n) is 17.2. The van der Waals surface area contributed by atoms with Crippen molar-refractivity contribution in [2.45, 2.75) is 52.7 Å². The Hall–Kier alpha value is -2.35. The maximum absolute atomic E-state index is 12.8. The third-order valence-electron chi connectivity index (χ3n) is 5.28. The second-order valence-corrected chi connectivity index (χ2v) is 9.78. The van der Waals surface area contributed by atoms with Gasteiger partial charge in [-0.05, 0) is 44.4 Å². The normalized spacial score (nSPS) is 18.0. The van der Waals surface area contributed by atoms with Crippen molar-refractivity contribution < 1.29 is 22.5 Å². The highest BCUT2D eigenvalue weighted by atomic mass is 32.2. The van der Waals surface area contributed by atoms with Crippen molar-refractivity contribution in [3.8, 4) is 5.75 Å². The molecule has 1 aliphatic heterocycles. The molecule has 0 unspecified atom stereocenters. The number of rotatable bonds is 8. The van der Waals surface area contributed by atoms with E-state index in [1.807, 2.05) is 45.0 Å². The Morgan fingerprint density at radius 3 is 2.55 bits per heavy atom. The van der Waals surface area contributed by atoms with E-state index in [9.17, 15) is 13.2 Å². The SMILES string of the molecule is CCCN(C(=O)Cc1ccc(OCc2c(C)noc2C)cc1)[C@H]1CCS(=O)(=O)C1. The van der Waals surface area contributed by atoms with Crippen molar-refractivity contribution in [1.82, 2.24) is 10.1 Å². The molecule has 1 aromatic heterocycles. The quantitative estimate of drug-likeness (QED) is 0.652. The molecule has 158 valence electrons. The van der Waals surface area contributed by atoms with E-state index >= 15 is 0 Å². The van der Waals surface area contributed by atoms with Crippen LogP contribution in [0.5, 0.6) is 5.75 Å². The Balaban J connectivity index is 1.59. The lowest BCUT2D eigenvalue weighted by molar-refractivity contribution is -0.132. The van der Waals surface area contributed by atoms with Crippen molar-refractivity contribution in [2.24, 2.45) is 0 Å². The number of benzene rings is 1. The van der Waals surface area contributed by atoms with E-state index in [1.54, 1.807) is 4.90 Å². The van der Waals surface area contributed by atoms with Crippen LogP contribution in [0.2, 0.25) is 0 Å². The molecule has 2 heterocycles. The number of carbonyl (C=O) groups is 1. The van der Waals surface area contributed by atoms with E-state index in [0.29, 0.717) is 25.3 Å². The first kappa shape index (κ1) is 21.4. The summed E-state index contributed by atoms with van der Waals surface area (Å²) >= 11 is 0. The average Bonchev–Trinajstić information content (AvgIpc) is 3.20. The Morgan fingerprint density at radius 1 is 1.28 bits per heavy atom. The van der Waals surface area contributed by atoms with Gasteiger partial charge in [-0.15, -0.1) is 0 Å². The highest BCUT2D eigenvalue weighted by Crippen LogP contribution is 2.21. The lowest BCUT2D eigenvalue weighted by Gasteiger charge is -2.28. The maximum atomic E-state index is 12.8. The first-order valence-electron chi connectivity index (χ1n) is 9.92. The van der Waals surface area contributed by atoms with Gasteiger partial charge in [-0.3, -0.25) is 4.79 Å². The number of hydrogen-bond acceptors (Lipinski definition) is 6. The molecule has 1 atom stereocenters. The van der Waals surface area contributed by atoms with Crippen LogP contribution in [0.15, 0.2) is 28.8 Å². The van der Waals surface area contributed by atoms with Crippen LogP contribution in [0, 0.1) is 13.8 Å². The van der Waals surface area contributed by atoms with Gasteiger partial charge in [0.15, 0.2) is 9.84 Å². The van der Waals surface area contributed by atoms with Crippen LogP contribution >= 0.6 is 0 Å². The molecule has 1 aromatic carbocycles. The molecule has 2 aromatic rings. The Morgan fingerprint density at radius 2 is 2.00 bits per heavy atom. The zero-order chi connectivity index (χ0) is 21.0. The topological polar surface area (TPSA) is 89.7 Å². The van der Waals surface area contributed by atoms with Crippen molar-refractivity contribution in [2.75, 3.05) is 18.1 Å². The van der Waals surface area contributed by atoms with Crippen molar-refractivity contribution in [3.63, 3.8) is 0 Å². The summed E-state index contributed by atoms with van der Waals surface area (Å²) in [6, 6.07) is 7.22. The van der Waals surface area contributed by atoms with Crippen LogP contribution in [-0.4, -0.2) is 48.5 Å². The van der Waals surface area contributed by atoms with Gasteiger partial charge >= 0.3 is 0 Å². The van der Waals surface area contributed by atoms with Crippen LogP contribution in [0.3, 0.4) is 0 Å².